The second-order valence-electron chi connectivity index (χ2n) is 1.66. The van der Waals surface area contributed by atoms with Gasteiger partial charge in [-0.25, -0.2) is 0 Å². The van der Waals surface area contributed by atoms with Crippen molar-refractivity contribution in [2.24, 2.45) is 0 Å². The molecule has 1 radical (unpaired) electrons. The van der Waals surface area contributed by atoms with Crippen molar-refractivity contribution in [2.45, 2.75) is 0 Å². The highest BCUT2D eigenvalue weighted by molar-refractivity contribution is 5.30. The maximum absolute atomic E-state index is 10.5. The van der Waals surface area contributed by atoms with Crippen molar-refractivity contribution in [1.29, 1.82) is 5.26 Å². The second kappa shape index (κ2) is 2.74. The predicted octanol–water partition coefficient (Wildman–Crippen LogP) is 1.69. The van der Waals surface area contributed by atoms with Crippen molar-refractivity contribution in [2.75, 3.05) is 0 Å². The minimum atomic E-state index is -0.0923. The predicted molar refractivity (Wildman–Crippen MR) is 32.8 cm³/mol. The summed E-state index contributed by atoms with van der Waals surface area (Å²) in [6, 6.07) is 5.58. The summed E-state index contributed by atoms with van der Waals surface area (Å²) in [4.78, 5) is 0. The Balaban J connectivity index is 2.81. The van der Waals surface area contributed by atoms with E-state index in [1.807, 2.05) is 0 Å². The monoisotopic (exact) mass is 134 g/mol. The summed E-state index contributed by atoms with van der Waals surface area (Å²) >= 11 is 0. The first kappa shape index (κ1) is 6.43. The van der Waals surface area contributed by atoms with Crippen molar-refractivity contribution in [3.05, 3.63) is 24.3 Å². The quantitative estimate of drug-likeness (QED) is 0.548. The van der Waals surface area contributed by atoms with Crippen LogP contribution >= 0.6 is 0 Å². The molecule has 0 spiro atoms. The summed E-state index contributed by atoms with van der Waals surface area (Å²) < 4.78 is 4.43. The highest BCUT2D eigenvalue weighted by Gasteiger charge is 1.92. The van der Waals surface area contributed by atoms with Crippen LogP contribution in [0.3, 0.4) is 0 Å². The molecule has 0 aliphatic rings. The SMILES string of the molecule is N#COc1ccc([O])cc1. The molecule has 0 bridgehead atoms. The molecule has 0 saturated carbocycles. The van der Waals surface area contributed by atoms with Crippen LogP contribution in [-0.4, -0.2) is 0 Å². The lowest BCUT2D eigenvalue weighted by molar-refractivity contribution is 0.354. The first-order valence-corrected chi connectivity index (χ1v) is 2.66. The molecule has 0 atom stereocenters. The number of nitriles is 1. The molecule has 0 amide bonds. The Morgan fingerprint density at radius 3 is 2.40 bits per heavy atom. The van der Waals surface area contributed by atoms with E-state index in [-0.39, 0.29) is 5.75 Å². The van der Waals surface area contributed by atoms with E-state index in [2.05, 4.69) is 4.74 Å². The third-order valence-corrected chi connectivity index (χ3v) is 0.987. The Labute approximate surface area is 58.1 Å². The average Bonchev–Trinajstić information content (AvgIpc) is 1.95. The molecule has 0 fully saturated rings. The Bertz CT molecular complexity index is 247. The van der Waals surface area contributed by atoms with Crippen LogP contribution in [0.25, 0.3) is 0 Å². The lowest BCUT2D eigenvalue weighted by Gasteiger charge is -1.91. The van der Waals surface area contributed by atoms with E-state index in [4.69, 9.17) is 5.26 Å². The van der Waals surface area contributed by atoms with E-state index >= 15 is 0 Å². The number of hydrogen-bond donors (Lipinski definition) is 0. The number of nitrogens with zero attached hydrogens (tertiary/aromatic N) is 1. The van der Waals surface area contributed by atoms with Crippen molar-refractivity contribution in [1.82, 2.24) is 0 Å². The lowest BCUT2D eigenvalue weighted by atomic mass is 10.3. The Morgan fingerprint density at radius 2 is 1.90 bits per heavy atom. The minimum Gasteiger partial charge on any atom is -0.388 e. The highest BCUT2D eigenvalue weighted by Crippen LogP contribution is 2.15. The third-order valence-electron chi connectivity index (χ3n) is 0.987. The van der Waals surface area contributed by atoms with Crippen molar-refractivity contribution in [3.8, 4) is 17.8 Å². The van der Waals surface area contributed by atoms with Gasteiger partial charge < -0.3 is 4.74 Å². The summed E-state index contributed by atoms with van der Waals surface area (Å²) in [5, 5.41) is 18.5. The van der Waals surface area contributed by atoms with Crippen LogP contribution in [0.4, 0.5) is 0 Å². The van der Waals surface area contributed by atoms with Gasteiger partial charge in [-0.3, -0.25) is 5.11 Å². The number of ether oxygens (including phenoxy) is 1. The standard InChI is InChI=1S/C7H4NO2/c8-5-10-7-3-1-6(9)2-4-7/h1-4H. The van der Waals surface area contributed by atoms with E-state index in [9.17, 15) is 5.11 Å². The molecule has 10 heavy (non-hydrogen) atoms. The van der Waals surface area contributed by atoms with Crippen molar-refractivity contribution in [3.63, 3.8) is 0 Å². The topological polar surface area (TPSA) is 52.9 Å². The zero-order valence-electron chi connectivity index (χ0n) is 5.07. The number of hydrogen-bond acceptors (Lipinski definition) is 2. The van der Waals surface area contributed by atoms with Gasteiger partial charge in [-0.15, -0.1) is 5.26 Å². The third kappa shape index (κ3) is 1.39. The smallest absolute Gasteiger partial charge is 0.292 e. The molecule has 0 saturated heterocycles. The molecule has 1 aromatic rings. The van der Waals surface area contributed by atoms with E-state index < -0.39 is 0 Å². The largest absolute Gasteiger partial charge is 0.388 e. The highest BCUT2D eigenvalue weighted by atomic mass is 16.5. The second-order valence-corrected chi connectivity index (χ2v) is 1.66. The van der Waals surface area contributed by atoms with E-state index in [0.717, 1.165) is 0 Å². The van der Waals surface area contributed by atoms with Crippen LogP contribution in [0.1, 0.15) is 0 Å². The van der Waals surface area contributed by atoms with Crippen LogP contribution < -0.4 is 4.74 Å². The van der Waals surface area contributed by atoms with Gasteiger partial charge >= 0.3 is 0 Å². The maximum atomic E-state index is 10.5. The van der Waals surface area contributed by atoms with Gasteiger partial charge in [0.05, 0.1) is 0 Å². The van der Waals surface area contributed by atoms with E-state index in [1.54, 1.807) is 0 Å². The van der Waals surface area contributed by atoms with Crippen molar-refractivity contribution < 1.29 is 9.84 Å². The van der Waals surface area contributed by atoms with E-state index in [1.165, 1.54) is 30.5 Å². The van der Waals surface area contributed by atoms with Crippen LogP contribution in [0.2, 0.25) is 0 Å². The van der Waals surface area contributed by atoms with Gasteiger partial charge in [0.2, 0.25) is 0 Å². The zero-order chi connectivity index (χ0) is 7.40. The molecule has 0 N–H and O–H groups in total. The summed E-state index contributed by atoms with van der Waals surface area (Å²) in [5.74, 6) is 0.299. The molecular weight excluding hydrogens is 130 g/mol. The molecule has 49 valence electrons. The fourth-order valence-electron chi connectivity index (χ4n) is 0.560. The number of benzene rings is 1. The molecule has 1 aromatic carbocycles. The van der Waals surface area contributed by atoms with Crippen LogP contribution in [0, 0.1) is 11.5 Å². The maximum Gasteiger partial charge on any atom is 0.292 e. The van der Waals surface area contributed by atoms with E-state index in [0.29, 0.717) is 5.75 Å². The van der Waals surface area contributed by atoms with Gasteiger partial charge in [0.25, 0.3) is 6.26 Å². The molecule has 3 nitrogen and oxygen atoms in total. The molecule has 1 rings (SSSR count). The average molecular weight is 134 g/mol. The lowest BCUT2D eigenvalue weighted by Crippen LogP contribution is -1.78. The summed E-state index contributed by atoms with van der Waals surface area (Å²) in [6.45, 7) is 0. The number of rotatable bonds is 1. The van der Waals surface area contributed by atoms with Crippen LogP contribution in [-0.2, 0) is 5.11 Å². The summed E-state index contributed by atoms with van der Waals surface area (Å²) in [5.41, 5.74) is 0. The van der Waals surface area contributed by atoms with Gasteiger partial charge in [-0.2, -0.15) is 0 Å². The summed E-state index contributed by atoms with van der Waals surface area (Å²) in [6.07, 6.45) is 1.50. The zero-order valence-corrected chi connectivity index (χ0v) is 5.07. The molecule has 0 unspecified atom stereocenters. The first-order chi connectivity index (χ1) is 4.83. The Morgan fingerprint density at radius 1 is 1.30 bits per heavy atom. The fraction of sp³-hybridized carbons (Fsp3) is 0. The fourth-order valence-corrected chi connectivity index (χ4v) is 0.560. The Kier molecular flexibility index (Phi) is 1.76. The first-order valence-electron chi connectivity index (χ1n) is 2.66. The molecule has 0 heterocycles. The Hall–Kier alpha value is -1.69. The van der Waals surface area contributed by atoms with Gasteiger partial charge in [0.15, 0.2) is 5.75 Å². The molecule has 0 aromatic heterocycles. The summed E-state index contributed by atoms with van der Waals surface area (Å²) in [7, 11) is 0. The van der Waals surface area contributed by atoms with Gasteiger partial charge in [0, 0.05) is 0 Å². The van der Waals surface area contributed by atoms with Crippen LogP contribution in [0.5, 0.6) is 11.5 Å². The van der Waals surface area contributed by atoms with Gasteiger partial charge in [0.1, 0.15) is 5.75 Å². The molecule has 0 aliphatic heterocycles. The minimum absolute atomic E-state index is 0.0923. The van der Waals surface area contributed by atoms with Crippen molar-refractivity contribution >= 4 is 0 Å². The molecular formula is C7H4NO2. The normalized spacial score (nSPS) is 8.30. The molecule has 3 heteroatoms. The molecule has 0 aliphatic carbocycles. The van der Waals surface area contributed by atoms with Gasteiger partial charge in [-0.05, 0) is 24.3 Å². The van der Waals surface area contributed by atoms with Crippen LogP contribution in [0.15, 0.2) is 24.3 Å². The van der Waals surface area contributed by atoms with Gasteiger partial charge in [-0.1, -0.05) is 0 Å².